The number of benzene rings is 2. The molecule has 0 aromatic heterocycles. The maximum atomic E-state index is 12.4. The van der Waals surface area contributed by atoms with Gasteiger partial charge in [0, 0.05) is 4.47 Å². The van der Waals surface area contributed by atoms with Crippen LogP contribution in [-0.4, -0.2) is 22.4 Å². The average Bonchev–Trinajstić information content (AvgIpc) is 2.83. The van der Waals surface area contributed by atoms with E-state index in [9.17, 15) is 9.90 Å². The molecule has 0 saturated carbocycles. The van der Waals surface area contributed by atoms with E-state index in [1.165, 1.54) is 12.0 Å². The van der Waals surface area contributed by atoms with E-state index in [1.54, 1.807) is 18.2 Å². The molecule has 0 radical (unpaired) electrons. The Kier molecular flexibility index (Phi) is 4.93. The largest absolute Gasteiger partial charge is 0.504 e. The minimum atomic E-state index is -0.143. The molecule has 24 heavy (non-hydrogen) atoms. The number of thioether (sulfide) groups is 1. The summed E-state index contributed by atoms with van der Waals surface area (Å²) in [6.07, 6.45) is 1.81. The minimum Gasteiger partial charge on any atom is -0.504 e. The Labute approximate surface area is 157 Å². The molecule has 1 aliphatic heterocycles. The van der Waals surface area contributed by atoms with Crippen molar-refractivity contribution >= 4 is 61.9 Å². The Morgan fingerprint density at radius 1 is 1.29 bits per heavy atom. The molecule has 1 amide bonds. The summed E-state index contributed by atoms with van der Waals surface area (Å²) < 4.78 is 5.98. The van der Waals surface area contributed by atoms with E-state index in [2.05, 4.69) is 15.9 Å². The molecule has 0 unspecified atom stereocenters. The number of rotatable bonds is 3. The minimum absolute atomic E-state index is 0.0631. The summed E-state index contributed by atoms with van der Waals surface area (Å²) in [5.41, 5.74) is 1.51. The van der Waals surface area contributed by atoms with Crippen LogP contribution in [-0.2, 0) is 0 Å². The predicted molar refractivity (Wildman–Crippen MR) is 105 cm³/mol. The van der Waals surface area contributed by atoms with Crippen LogP contribution in [0.25, 0.3) is 6.08 Å². The number of phenols is 1. The first-order valence-electron chi connectivity index (χ1n) is 6.90. The van der Waals surface area contributed by atoms with Crippen molar-refractivity contribution in [2.24, 2.45) is 0 Å². The fraction of sp³-hybridized carbons (Fsp3) is 0.0588. The second kappa shape index (κ2) is 6.96. The van der Waals surface area contributed by atoms with Crippen LogP contribution in [0, 0.1) is 0 Å². The SMILES string of the molecule is COc1cc(/C=C2\SC(=O)N(c3cccc(Br)c3)C2=S)ccc1O. The molecule has 1 fully saturated rings. The van der Waals surface area contributed by atoms with Crippen molar-refractivity contribution < 1.29 is 14.6 Å². The number of phenolic OH excluding ortho intramolecular Hbond substituents is 1. The molecule has 2 aromatic carbocycles. The number of amides is 1. The lowest BCUT2D eigenvalue weighted by Crippen LogP contribution is -2.26. The molecule has 4 nitrogen and oxygen atoms in total. The molecule has 1 aliphatic rings. The van der Waals surface area contributed by atoms with E-state index >= 15 is 0 Å². The number of anilines is 1. The van der Waals surface area contributed by atoms with Crippen molar-refractivity contribution in [1.29, 1.82) is 0 Å². The molecule has 0 spiro atoms. The average molecular weight is 422 g/mol. The van der Waals surface area contributed by atoms with E-state index in [1.807, 2.05) is 30.3 Å². The number of aromatic hydroxyl groups is 1. The van der Waals surface area contributed by atoms with Gasteiger partial charge in [-0.1, -0.05) is 40.3 Å². The topological polar surface area (TPSA) is 49.8 Å². The number of ether oxygens (including phenoxy) is 1. The van der Waals surface area contributed by atoms with Crippen LogP contribution in [0.3, 0.4) is 0 Å². The zero-order valence-electron chi connectivity index (χ0n) is 12.5. The van der Waals surface area contributed by atoms with E-state index in [4.69, 9.17) is 17.0 Å². The fourth-order valence-electron chi connectivity index (χ4n) is 2.24. The Morgan fingerprint density at radius 3 is 2.79 bits per heavy atom. The van der Waals surface area contributed by atoms with Crippen molar-refractivity contribution in [2.45, 2.75) is 0 Å². The lowest BCUT2D eigenvalue weighted by atomic mass is 10.2. The van der Waals surface area contributed by atoms with E-state index in [-0.39, 0.29) is 11.0 Å². The zero-order chi connectivity index (χ0) is 17.3. The van der Waals surface area contributed by atoms with Crippen molar-refractivity contribution in [2.75, 3.05) is 12.0 Å². The molecule has 0 aliphatic carbocycles. The van der Waals surface area contributed by atoms with Crippen LogP contribution in [0.1, 0.15) is 5.56 Å². The quantitative estimate of drug-likeness (QED) is 0.544. The summed E-state index contributed by atoms with van der Waals surface area (Å²) >= 11 is 9.95. The second-order valence-corrected chi connectivity index (χ2v) is 7.22. The monoisotopic (exact) mass is 421 g/mol. The van der Waals surface area contributed by atoms with Gasteiger partial charge in [0.2, 0.25) is 0 Å². The Bertz CT molecular complexity index is 867. The van der Waals surface area contributed by atoms with Gasteiger partial charge in [-0.25, -0.2) is 0 Å². The van der Waals surface area contributed by atoms with Gasteiger partial charge in [0.05, 0.1) is 17.7 Å². The summed E-state index contributed by atoms with van der Waals surface area (Å²) in [5.74, 6) is 0.432. The van der Waals surface area contributed by atoms with Gasteiger partial charge < -0.3 is 9.84 Å². The number of halogens is 1. The number of nitrogens with zero attached hydrogens (tertiary/aromatic N) is 1. The van der Waals surface area contributed by atoms with Crippen molar-refractivity contribution in [3.63, 3.8) is 0 Å². The third kappa shape index (κ3) is 3.33. The van der Waals surface area contributed by atoms with Gasteiger partial charge in [0.25, 0.3) is 5.24 Å². The molecule has 1 N–H and O–H groups in total. The van der Waals surface area contributed by atoms with E-state index in [0.29, 0.717) is 15.6 Å². The maximum Gasteiger partial charge on any atom is 0.296 e. The summed E-state index contributed by atoms with van der Waals surface area (Å²) in [6, 6.07) is 12.4. The first-order valence-corrected chi connectivity index (χ1v) is 8.92. The third-order valence-electron chi connectivity index (χ3n) is 3.36. The zero-order valence-corrected chi connectivity index (χ0v) is 15.7. The van der Waals surface area contributed by atoms with Crippen LogP contribution < -0.4 is 9.64 Å². The maximum absolute atomic E-state index is 12.4. The molecular weight excluding hydrogens is 410 g/mol. The van der Waals surface area contributed by atoms with Gasteiger partial charge in [0.15, 0.2) is 11.5 Å². The lowest BCUT2D eigenvalue weighted by Gasteiger charge is -2.14. The number of hydrogen-bond donors (Lipinski definition) is 1. The number of carbonyl (C=O) groups excluding carboxylic acids is 1. The molecule has 2 aromatic rings. The normalized spacial score (nSPS) is 16.1. The summed E-state index contributed by atoms with van der Waals surface area (Å²) in [4.78, 5) is 15.0. The molecule has 3 rings (SSSR count). The van der Waals surface area contributed by atoms with Crippen LogP contribution in [0.5, 0.6) is 11.5 Å². The van der Waals surface area contributed by atoms with Gasteiger partial charge in [-0.05, 0) is 53.7 Å². The summed E-state index contributed by atoms with van der Waals surface area (Å²) in [6.45, 7) is 0. The van der Waals surface area contributed by atoms with Gasteiger partial charge in [-0.2, -0.15) is 0 Å². The number of hydrogen-bond acceptors (Lipinski definition) is 5. The fourth-order valence-corrected chi connectivity index (χ4v) is 3.91. The standard InChI is InChI=1S/C17H12BrNO3S2/c1-22-14-7-10(5-6-13(14)20)8-15-16(23)19(17(21)24-15)12-4-2-3-11(18)9-12/h2-9,20H,1H3/b15-8-. The molecule has 0 bridgehead atoms. The Morgan fingerprint density at radius 2 is 2.08 bits per heavy atom. The first-order chi connectivity index (χ1) is 11.5. The van der Waals surface area contributed by atoms with E-state index in [0.717, 1.165) is 27.5 Å². The molecular formula is C17H12BrNO3S2. The van der Waals surface area contributed by atoms with Gasteiger partial charge in [-0.3, -0.25) is 9.69 Å². The van der Waals surface area contributed by atoms with Gasteiger partial charge in [-0.15, -0.1) is 0 Å². The highest BCUT2D eigenvalue weighted by atomic mass is 79.9. The Hall–Kier alpha value is -1.83. The van der Waals surface area contributed by atoms with Crippen LogP contribution in [0.4, 0.5) is 10.5 Å². The highest BCUT2D eigenvalue weighted by molar-refractivity contribution is 9.10. The van der Waals surface area contributed by atoms with Crippen molar-refractivity contribution in [1.82, 2.24) is 0 Å². The molecule has 1 saturated heterocycles. The third-order valence-corrected chi connectivity index (χ3v) is 5.27. The van der Waals surface area contributed by atoms with Crippen LogP contribution >= 0.6 is 39.9 Å². The summed E-state index contributed by atoms with van der Waals surface area (Å²) in [7, 11) is 1.49. The molecule has 0 atom stereocenters. The number of thiocarbonyl (C=S) groups is 1. The highest BCUT2D eigenvalue weighted by Crippen LogP contribution is 2.38. The Balaban J connectivity index is 1.94. The van der Waals surface area contributed by atoms with E-state index < -0.39 is 0 Å². The van der Waals surface area contributed by atoms with Crippen molar-refractivity contribution in [3.05, 3.63) is 57.4 Å². The molecule has 7 heteroatoms. The number of carbonyl (C=O) groups is 1. The molecule has 1 heterocycles. The van der Waals surface area contributed by atoms with Crippen LogP contribution in [0.15, 0.2) is 51.8 Å². The summed E-state index contributed by atoms with van der Waals surface area (Å²) in [5, 5.41) is 9.52. The van der Waals surface area contributed by atoms with Crippen LogP contribution in [0.2, 0.25) is 0 Å². The van der Waals surface area contributed by atoms with Gasteiger partial charge >= 0.3 is 0 Å². The van der Waals surface area contributed by atoms with Gasteiger partial charge in [0.1, 0.15) is 4.99 Å². The second-order valence-electron chi connectivity index (χ2n) is 4.93. The lowest BCUT2D eigenvalue weighted by molar-refractivity contribution is 0.268. The molecule has 122 valence electrons. The predicted octanol–water partition coefficient (Wildman–Crippen LogP) is 5.21. The smallest absolute Gasteiger partial charge is 0.296 e. The first kappa shape index (κ1) is 17.0. The number of methoxy groups -OCH3 is 1. The van der Waals surface area contributed by atoms with Crippen molar-refractivity contribution in [3.8, 4) is 11.5 Å². The highest BCUT2D eigenvalue weighted by Gasteiger charge is 2.33.